The number of likely N-dealkylation sites (tertiary alicyclic amines) is 1. The Bertz CT molecular complexity index is 1060. The summed E-state index contributed by atoms with van der Waals surface area (Å²) in [6.45, 7) is 9.72. The molecule has 38 heavy (non-hydrogen) atoms. The predicted molar refractivity (Wildman–Crippen MR) is 143 cm³/mol. The quantitative estimate of drug-likeness (QED) is 0.584. The van der Waals surface area contributed by atoms with Crippen molar-refractivity contribution < 1.29 is 18.7 Å². The van der Waals surface area contributed by atoms with Gasteiger partial charge in [-0.2, -0.15) is 5.26 Å². The first-order valence-corrected chi connectivity index (χ1v) is 14.1. The molecule has 0 unspecified atom stereocenters. The average molecular weight is 528 g/mol. The van der Waals surface area contributed by atoms with Crippen molar-refractivity contribution in [1.82, 2.24) is 15.1 Å². The molecule has 1 aromatic carbocycles. The van der Waals surface area contributed by atoms with E-state index in [2.05, 4.69) is 33.1 Å². The Morgan fingerprint density at radius 2 is 2.11 bits per heavy atom. The molecule has 1 N–H and O–H groups in total. The number of morpholine rings is 1. The molecule has 0 radical (unpaired) electrons. The molecule has 3 aliphatic heterocycles. The lowest BCUT2D eigenvalue weighted by Crippen LogP contribution is -2.58. The number of amides is 1. The van der Waals surface area contributed by atoms with Crippen LogP contribution >= 0.6 is 0 Å². The highest BCUT2D eigenvalue weighted by Crippen LogP contribution is 2.42. The number of piperidine rings is 2. The minimum Gasteiger partial charge on any atom is -0.375 e. The Kier molecular flexibility index (Phi) is 7.97. The topological polar surface area (TPSA) is 81.1 Å². The van der Waals surface area contributed by atoms with Gasteiger partial charge in [0.25, 0.3) is 0 Å². The van der Waals surface area contributed by atoms with Crippen molar-refractivity contribution in [1.29, 1.82) is 5.26 Å². The minimum atomic E-state index is -0.795. The van der Waals surface area contributed by atoms with Crippen LogP contribution in [0.3, 0.4) is 0 Å². The summed E-state index contributed by atoms with van der Waals surface area (Å²) in [4.78, 5) is 20.0. The highest BCUT2D eigenvalue weighted by molar-refractivity contribution is 5.83. The van der Waals surface area contributed by atoms with Crippen molar-refractivity contribution in [2.24, 2.45) is 5.92 Å². The second-order valence-corrected chi connectivity index (χ2v) is 12.4. The van der Waals surface area contributed by atoms with Crippen molar-refractivity contribution in [2.45, 2.75) is 88.7 Å². The molecule has 1 saturated carbocycles. The molecule has 2 bridgehead atoms. The van der Waals surface area contributed by atoms with Crippen LogP contribution in [0.1, 0.15) is 52.0 Å². The SMILES string of the molecule is CN1CCO[C@@H]2CCN(c3ccc(C[C@@H](C#N)NC(=O)[C@@H]4[C@H]5CC[C@H](C5)N4COC(C)(C)C)c(F)c3)C[C@@H]21. The molecule has 6 atom stereocenters. The van der Waals surface area contributed by atoms with Crippen molar-refractivity contribution in [3.63, 3.8) is 0 Å². The molecule has 208 valence electrons. The lowest BCUT2D eigenvalue weighted by molar-refractivity contribution is -0.136. The van der Waals surface area contributed by atoms with Crippen LogP contribution < -0.4 is 10.2 Å². The molecule has 1 amide bonds. The van der Waals surface area contributed by atoms with Crippen LogP contribution in [0.2, 0.25) is 0 Å². The number of likely N-dealkylation sites (N-methyl/N-ethyl adjacent to an activating group) is 1. The van der Waals surface area contributed by atoms with E-state index in [1.54, 1.807) is 12.1 Å². The molecule has 3 heterocycles. The first-order chi connectivity index (χ1) is 18.1. The Balaban J connectivity index is 1.21. The zero-order valence-electron chi connectivity index (χ0n) is 23.2. The van der Waals surface area contributed by atoms with E-state index >= 15 is 4.39 Å². The lowest BCUT2D eigenvalue weighted by Gasteiger charge is -2.46. The average Bonchev–Trinajstić information content (AvgIpc) is 3.49. The minimum absolute atomic E-state index is 0.134. The molecule has 3 saturated heterocycles. The van der Waals surface area contributed by atoms with Crippen molar-refractivity contribution in [2.75, 3.05) is 44.9 Å². The molecular formula is C29H42FN5O3. The van der Waals surface area contributed by atoms with E-state index in [1.165, 1.54) is 0 Å². The summed E-state index contributed by atoms with van der Waals surface area (Å²) in [6, 6.07) is 6.99. The van der Waals surface area contributed by atoms with E-state index in [9.17, 15) is 10.1 Å². The second kappa shape index (κ2) is 11.1. The molecule has 8 nitrogen and oxygen atoms in total. The van der Waals surface area contributed by atoms with E-state index in [1.807, 2.05) is 26.8 Å². The van der Waals surface area contributed by atoms with Gasteiger partial charge < -0.3 is 19.7 Å². The lowest BCUT2D eigenvalue weighted by atomic mass is 9.97. The number of hydrogen-bond acceptors (Lipinski definition) is 7. The van der Waals surface area contributed by atoms with E-state index in [4.69, 9.17) is 9.47 Å². The molecular weight excluding hydrogens is 485 g/mol. The summed E-state index contributed by atoms with van der Waals surface area (Å²) < 4.78 is 27.2. The van der Waals surface area contributed by atoms with E-state index in [0.29, 0.717) is 24.4 Å². The van der Waals surface area contributed by atoms with Gasteiger partial charge in [0.2, 0.25) is 5.91 Å². The fourth-order valence-corrected chi connectivity index (χ4v) is 6.68. The van der Waals surface area contributed by atoms with Gasteiger partial charge in [-0.25, -0.2) is 4.39 Å². The smallest absolute Gasteiger partial charge is 0.238 e. The molecule has 4 aliphatic rings. The number of rotatable bonds is 7. The van der Waals surface area contributed by atoms with Crippen LogP contribution in [0.4, 0.5) is 10.1 Å². The third-order valence-electron chi connectivity index (χ3n) is 8.79. The van der Waals surface area contributed by atoms with Crippen LogP contribution in [0.15, 0.2) is 18.2 Å². The number of ether oxygens (including phenoxy) is 2. The molecule has 4 fully saturated rings. The normalized spacial score (nSPS) is 30.6. The van der Waals surface area contributed by atoms with Gasteiger partial charge >= 0.3 is 0 Å². The number of hydrogen-bond donors (Lipinski definition) is 1. The van der Waals surface area contributed by atoms with Crippen molar-refractivity contribution >= 4 is 11.6 Å². The number of carbonyl (C=O) groups is 1. The third-order valence-corrected chi connectivity index (χ3v) is 8.79. The molecule has 1 aliphatic carbocycles. The maximum atomic E-state index is 15.2. The third kappa shape index (κ3) is 5.84. The summed E-state index contributed by atoms with van der Waals surface area (Å²) >= 11 is 0. The number of nitrogens with zero attached hydrogens (tertiary/aromatic N) is 4. The van der Waals surface area contributed by atoms with Gasteiger partial charge in [0.15, 0.2) is 0 Å². The number of fused-ring (bicyclic) bond motifs is 3. The molecule has 0 aromatic heterocycles. The Hall–Kier alpha value is -2.25. The maximum Gasteiger partial charge on any atom is 0.238 e. The summed E-state index contributed by atoms with van der Waals surface area (Å²) in [5.41, 5.74) is 0.991. The van der Waals surface area contributed by atoms with E-state index in [0.717, 1.165) is 57.6 Å². The second-order valence-electron chi connectivity index (χ2n) is 12.4. The van der Waals surface area contributed by atoms with Crippen molar-refractivity contribution in [3.05, 3.63) is 29.6 Å². The Morgan fingerprint density at radius 1 is 1.29 bits per heavy atom. The van der Waals surface area contributed by atoms with Gasteiger partial charge in [-0.05, 0) is 77.1 Å². The molecule has 5 rings (SSSR count). The number of anilines is 1. The van der Waals surface area contributed by atoms with Gasteiger partial charge in [0.1, 0.15) is 18.6 Å². The first-order valence-electron chi connectivity index (χ1n) is 14.1. The highest BCUT2D eigenvalue weighted by atomic mass is 19.1. The van der Waals surface area contributed by atoms with Gasteiger partial charge in [-0.3, -0.25) is 14.6 Å². The Labute approximate surface area is 226 Å². The number of nitriles is 1. The van der Waals surface area contributed by atoms with E-state index < -0.39 is 6.04 Å². The standard InChI is InChI=1S/C29H42FN5O3/c1-29(2,3)38-18-35-23-8-6-20(14-23)27(35)28(36)32-21(16-31)13-19-5-7-22(15-24(19)30)34-10-9-26-25(17-34)33(4)11-12-37-26/h5,7,15,20-21,23,25-27H,6,8-14,17-18H2,1-4H3,(H,32,36)/t20-,21-,23+,25-,26+,27-/m0/s1. The predicted octanol–water partition coefficient (Wildman–Crippen LogP) is 2.91. The zero-order chi connectivity index (χ0) is 27.0. The Morgan fingerprint density at radius 3 is 2.84 bits per heavy atom. The first kappa shape index (κ1) is 27.3. The van der Waals surface area contributed by atoms with E-state index in [-0.39, 0.29) is 41.8 Å². The van der Waals surface area contributed by atoms with Crippen LogP contribution in [-0.2, 0) is 20.7 Å². The summed E-state index contributed by atoms with van der Waals surface area (Å²) in [7, 11) is 2.12. The summed E-state index contributed by atoms with van der Waals surface area (Å²) in [6.07, 6.45) is 4.36. The van der Waals surface area contributed by atoms with Crippen LogP contribution in [0.5, 0.6) is 0 Å². The largest absolute Gasteiger partial charge is 0.375 e. The number of carbonyl (C=O) groups excluding carboxylic acids is 1. The highest BCUT2D eigenvalue weighted by Gasteiger charge is 2.49. The van der Waals surface area contributed by atoms with Crippen LogP contribution in [0, 0.1) is 23.1 Å². The van der Waals surface area contributed by atoms with Gasteiger partial charge in [0.05, 0.1) is 36.5 Å². The molecule has 1 aromatic rings. The molecule has 0 spiro atoms. The van der Waals surface area contributed by atoms with Crippen molar-refractivity contribution in [3.8, 4) is 6.07 Å². The molecule has 9 heteroatoms. The summed E-state index contributed by atoms with van der Waals surface area (Å²) in [5.74, 6) is -0.218. The van der Waals surface area contributed by atoms with Crippen LogP contribution in [-0.4, -0.2) is 91.6 Å². The van der Waals surface area contributed by atoms with Gasteiger partial charge in [0, 0.05) is 37.8 Å². The van der Waals surface area contributed by atoms with Crippen LogP contribution in [0.25, 0.3) is 0 Å². The monoisotopic (exact) mass is 527 g/mol. The fourth-order valence-electron chi connectivity index (χ4n) is 6.68. The van der Waals surface area contributed by atoms with Gasteiger partial charge in [-0.1, -0.05) is 6.07 Å². The number of halogens is 1. The number of benzene rings is 1. The zero-order valence-corrected chi connectivity index (χ0v) is 23.2. The summed E-state index contributed by atoms with van der Waals surface area (Å²) in [5, 5.41) is 12.7. The fraction of sp³-hybridized carbons (Fsp3) is 0.724. The van der Waals surface area contributed by atoms with Gasteiger partial charge in [-0.15, -0.1) is 0 Å². The maximum absolute atomic E-state index is 15.2. The number of nitrogens with one attached hydrogen (secondary N) is 1.